The van der Waals surface area contributed by atoms with E-state index in [1.54, 1.807) is 18.0 Å². The third kappa shape index (κ3) is 4.15. The van der Waals surface area contributed by atoms with E-state index in [4.69, 9.17) is 5.73 Å². The number of nitro benzene ring substituents is 1. The molecule has 0 bridgehead atoms. The van der Waals surface area contributed by atoms with Gasteiger partial charge in [-0.05, 0) is 24.1 Å². The van der Waals surface area contributed by atoms with E-state index < -0.39 is 20.4 Å². The fourth-order valence-electron chi connectivity index (χ4n) is 2.09. The van der Waals surface area contributed by atoms with Crippen molar-refractivity contribution < 1.29 is 13.3 Å². The van der Waals surface area contributed by atoms with E-state index in [0.29, 0.717) is 13.1 Å². The van der Waals surface area contributed by atoms with Crippen LogP contribution in [0.4, 0.5) is 11.4 Å². The van der Waals surface area contributed by atoms with Gasteiger partial charge in [-0.3, -0.25) is 10.1 Å². The first-order valence-electron chi connectivity index (χ1n) is 6.38. The van der Waals surface area contributed by atoms with Crippen molar-refractivity contribution >= 4 is 21.2 Å². The van der Waals surface area contributed by atoms with Gasteiger partial charge in [0.2, 0.25) is 0 Å². The third-order valence-corrected chi connectivity index (χ3v) is 4.32. The van der Waals surface area contributed by atoms with Gasteiger partial charge in [-0.25, -0.2) is 8.42 Å². The van der Waals surface area contributed by atoms with E-state index in [1.807, 2.05) is 13.8 Å². The molecule has 1 aromatic carbocycles. The SMILES string of the molecule is CN(CC(C)(C)CN)c1cccc(S(C)(=O)=O)c1[N+](=O)[O-]. The summed E-state index contributed by atoms with van der Waals surface area (Å²) in [5.74, 6) is 0. The van der Waals surface area contributed by atoms with Gasteiger partial charge in [0.25, 0.3) is 0 Å². The Hall–Kier alpha value is -1.67. The van der Waals surface area contributed by atoms with Crippen molar-refractivity contribution in [2.75, 3.05) is 31.3 Å². The minimum atomic E-state index is -3.68. The van der Waals surface area contributed by atoms with Crippen LogP contribution in [0.15, 0.2) is 23.1 Å². The molecule has 0 unspecified atom stereocenters. The van der Waals surface area contributed by atoms with Gasteiger partial charge >= 0.3 is 5.69 Å². The molecule has 118 valence electrons. The molecule has 0 atom stereocenters. The predicted molar refractivity (Wildman–Crippen MR) is 82.3 cm³/mol. The molecule has 2 N–H and O–H groups in total. The molecule has 1 rings (SSSR count). The molecule has 0 amide bonds. The lowest BCUT2D eigenvalue weighted by Crippen LogP contribution is -2.37. The van der Waals surface area contributed by atoms with E-state index in [9.17, 15) is 18.5 Å². The Bertz CT molecular complexity index is 641. The van der Waals surface area contributed by atoms with Crippen LogP contribution in [0.1, 0.15) is 13.8 Å². The molecule has 0 fully saturated rings. The van der Waals surface area contributed by atoms with Crippen molar-refractivity contribution in [1.29, 1.82) is 0 Å². The van der Waals surface area contributed by atoms with E-state index >= 15 is 0 Å². The summed E-state index contributed by atoms with van der Waals surface area (Å²) >= 11 is 0. The second-order valence-corrected chi connectivity index (χ2v) is 7.86. The van der Waals surface area contributed by atoms with E-state index in [1.165, 1.54) is 12.1 Å². The first kappa shape index (κ1) is 17.4. The van der Waals surface area contributed by atoms with Crippen molar-refractivity contribution in [3.05, 3.63) is 28.3 Å². The molecule has 8 heteroatoms. The number of sulfone groups is 1. The molecule has 21 heavy (non-hydrogen) atoms. The number of para-hydroxylation sites is 1. The molecule has 7 nitrogen and oxygen atoms in total. The van der Waals surface area contributed by atoms with Gasteiger partial charge in [-0.1, -0.05) is 19.9 Å². The highest BCUT2D eigenvalue weighted by Gasteiger charge is 2.29. The molecule has 0 saturated carbocycles. The number of nitrogens with two attached hydrogens (primary N) is 1. The zero-order valence-electron chi connectivity index (χ0n) is 12.7. The maximum absolute atomic E-state index is 11.7. The average molecular weight is 315 g/mol. The highest BCUT2D eigenvalue weighted by Crippen LogP contribution is 2.35. The molecular formula is C13H21N3O4S. The van der Waals surface area contributed by atoms with Crippen LogP contribution in [0.25, 0.3) is 0 Å². The number of hydrogen-bond acceptors (Lipinski definition) is 6. The number of hydrogen-bond donors (Lipinski definition) is 1. The number of benzene rings is 1. The lowest BCUT2D eigenvalue weighted by atomic mass is 9.93. The Labute approximate surface area is 124 Å². The van der Waals surface area contributed by atoms with Crippen LogP contribution >= 0.6 is 0 Å². The predicted octanol–water partition coefficient (Wildman–Crippen LogP) is 1.42. The van der Waals surface area contributed by atoms with Crippen LogP contribution in [-0.4, -0.2) is 39.7 Å². The lowest BCUT2D eigenvalue weighted by Gasteiger charge is -2.30. The Morgan fingerprint density at radius 2 is 1.95 bits per heavy atom. The summed E-state index contributed by atoms with van der Waals surface area (Å²) in [7, 11) is -1.99. The average Bonchev–Trinajstić information content (AvgIpc) is 2.36. The molecule has 0 aliphatic carbocycles. The maximum atomic E-state index is 11.7. The smallest absolute Gasteiger partial charge is 0.311 e. The molecule has 0 aliphatic rings. The van der Waals surface area contributed by atoms with E-state index in [2.05, 4.69) is 0 Å². The molecule has 0 radical (unpaired) electrons. The standard InChI is InChI=1S/C13H21N3O4S/c1-13(2,8-14)9-15(3)10-6-5-7-11(21(4,19)20)12(10)16(17)18/h5-7H,8-9,14H2,1-4H3. The minimum Gasteiger partial charge on any atom is -0.368 e. The summed E-state index contributed by atoms with van der Waals surface area (Å²) in [4.78, 5) is 12.1. The topological polar surface area (TPSA) is 107 Å². The van der Waals surface area contributed by atoms with Gasteiger partial charge in [0.1, 0.15) is 10.6 Å². The zero-order chi connectivity index (χ0) is 16.4. The highest BCUT2D eigenvalue weighted by molar-refractivity contribution is 7.90. The van der Waals surface area contributed by atoms with Crippen molar-refractivity contribution in [3.8, 4) is 0 Å². The molecule has 0 spiro atoms. The first-order valence-corrected chi connectivity index (χ1v) is 8.27. The molecule has 0 aromatic heterocycles. The molecule has 0 aliphatic heterocycles. The second kappa shape index (κ2) is 5.98. The Balaban J connectivity index is 3.41. The van der Waals surface area contributed by atoms with Crippen LogP contribution in [0.5, 0.6) is 0 Å². The first-order chi connectivity index (χ1) is 9.49. The quantitative estimate of drug-likeness (QED) is 0.628. The summed E-state index contributed by atoms with van der Waals surface area (Å²) in [5, 5.41) is 11.3. The zero-order valence-corrected chi connectivity index (χ0v) is 13.5. The number of nitrogens with zero attached hydrogens (tertiary/aromatic N) is 2. The lowest BCUT2D eigenvalue weighted by molar-refractivity contribution is -0.387. The summed E-state index contributed by atoms with van der Waals surface area (Å²) in [6, 6.07) is 4.29. The van der Waals surface area contributed by atoms with Crippen molar-refractivity contribution in [3.63, 3.8) is 0 Å². The Kier molecular flexibility index (Phi) is 4.95. The maximum Gasteiger partial charge on any atom is 0.311 e. The minimum absolute atomic E-state index is 0.246. The molecule has 1 aromatic rings. The van der Waals surface area contributed by atoms with Crippen LogP contribution in [0.3, 0.4) is 0 Å². The molecular weight excluding hydrogens is 294 g/mol. The number of anilines is 1. The monoisotopic (exact) mass is 315 g/mol. The Morgan fingerprint density at radius 3 is 2.38 bits per heavy atom. The largest absolute Gasteiger partial charge is 0.368 e. The van der Waals surface area contributed by atoms with E-state index in [-0.39, 0.29) is 16.0 Å². The Morgan fingerprint density at radius 1 is 1.38 bits per heavy atom. The fraction of sp³-hybridized carbons (Fsp3) is 0.538. The van der Waals surface area contributed by atoms with Crippen LogP contribution in [0.2, 0.25) is 0 Å². The third-order valence-electron chi connectivity index (χ3n) is 3.19. The van der Waals surface area contributed by atoms with Gasteiger partial charge in [0.05, 0.1) is 4.92 Å². The molecule has 0 saturated heterocycles. The van der Waals surface area contributed by atoms with Gasteiger partial charge < -0.3 is 10.6 Å². The van der Waals surface area contributed by atoms with Crippen LogP contribution in [-0.2, 0) is 9.84 Å². The summed E-state index contributed by atoms with van der Waals surface area (Å²) in [6.45, 7) is 4.76. The molecule has 0 heterocycles. The van der Waals surface area contributed by atoms with E-state index in [0.717, 1.165) is 6.26 Å². The van der Waals surface area contributed by atoms with Gasteiger partial charge in [-0.2, -0.15) is 0 Å². The number of nitro groups is 1. The normalized spacial score (nSPS) is 12.2. The fourth-order valence-corrected chi connectivity index (χ4v) is 2.95. The van der Waals surface area contributed by atoms with Crippen molar-refractivity contribution in [2.24, 2.45) is 11.1 Å². The highest BCUT2D eigenvalue weighted by atomic mass is 32.2. The number of rotatable bonds is 6. The summed E-state index contributed by atoms with van der Waals surface area (Å²) in [6.07, 6.45) is 0.961. The second-order valence-electron chi connectivity index (χ2n) is 5.88. The van der Waals surface area contributed by atoms with Crippen LogP contribution < -0.4 is 10.6 Å². The van der Waals surface area contributed by atoms with Crippen molar-refractivity contribution in [2.45, 2.75) is 18.7 Å². The van der Waals surface area contributed by atoms with Gasteiger partial charge in [-0.15, -0.1) is 0 Å². The van der Waals surface area contributed by atoms with Gasteiger partial charge in [0, 0.05) is 19.8 Å². The van der Waals surface area contributed by atoms with Crippen molar-refractivity contribution in [1.82, 2.24) is 0 Å². The summed E-state index contributed by atoms with van der Waals surface area (Å²) < 4.78 is 23.5. The van der Waals surface area contributed by atoms with Gasteiger partial charge in [0.15, 0.2) is 9.84 Å². The van der Waals surface area contributed by atoms with Crippen LogP contribution in [0, 0.1) is 15.5 Å². The summed E-state index contributed by atoms with van der Waals surface area (Å²) in [5.41, 5.74) is 5.30.